The quantitative estimate of drug-likeness (QED) is 0.453. The Hall–Kier alpha value is -3.14. The Morgan fingerprint density at radius 2 is 1.78 bits per heavy atom. The van der Waals surface area contributed by atoms with Gasteiger partial charge in [0.25, 0.3) is 10.0 Å². The van der Waals surface area contributed by atoms with Gasteiger partial charge < -0.3 is 10.6 Å². The number of sulfonamides is 1. The lowest BCUT2D eigenvalue weighted by Gasteiger charge is -2.37. The van der Waals surface area contributed by atoms with Crippen LogP contribution in [0.25, 0.3) is 0 Å². The largest absolute Gasteiger partial charge is 0.352 e. The number of carbonyl (C=O) groups is 2. The molecule has 2 N–H and O–H groups in total. The Balaban J connectivity index is 1.73. The van der Waals surface area contributed by atoms with Crippen molar-refractivity contribution < 1.29 is 22.4 Å². The average Bonchev–Trinajstić information content (AvgIpc) is 2.81. The van der Waals surface area contributed by atoms with Gasteiger partial charge in [-0.3, -0.25) is 13.9 Å². The number of hydrogen-bond donors (Lipinski definition) is 2. The van der Waals surface area contributed by atoms with Crippen molar-refractivity contribution in [2.75, 3.05) is 9.62 Å². The number of anilines is 2. The molecule has 0 radical (unpaired) electrons. The third-order valence-corrected chi connectivity index (χ3v) is 8.59. The Kier molecular flexibility index (Phi) is 7.26. The second kappa shape index (κ2) is 10.1. The summed E-state index contributed by atoms with van der Waals surface area (Å²) >= 11 is 12.3. The molecule has 1 heterocycles. The SMILES string of the molecule is Cc1cc(S(=O)(=O)N2c3cc(F)ccc3NC(=O)C2CC(=O)NCc2ccccc2Cl)c(C)cc1Cl. The maximum absolute atomic E-state index is 14.2. The van der Waals surface area contributed by atoms with Gasteiger partial charge in [-0.1, -0.05) is 41.4 Å². The summed E-state index contributed by atoms with van der Waals surface area (Å²) in [4.78, 5) is 25.8. The van der Waals surface area contributed by atoms with Crippen molar-refractivity contribution in [2.24, 2.45) is 0 Å². The molecular weight excluding hydrogens is 528 g/mol. The van der Waals surface area contributed by atoms with Gasteiger partial charge in [0.05, 0.1) is 22.7 Å². The molecular formula is C25H22Cl2FN3O4S. The molecule has 188 valence electrons. The molecule has 3 aromatic carbocycles. The van der Waals surface area contributed by atoms with Crippen LogP contribution in [0.3, 0.4) is 0 Å². The van der Waals surface area contributed by atoms with E-state index in [2.05, 4.69) is 10.6 Å². The van der Waals surface area contributed by atoms with Crippen LogP contribution in [0, 0.1) is 19.7 Å². The lowest BCUT2D eigenvalue weighted by Crippen LogP contribution is -2.52. The van der Waals surface area contributed by atoms with Crippen LogP contribution in [0.4, 0.5) is 15.8 Å². The van der Waals surface area contributed by atoms with Crippen LogP contribution in [0.2, 0.25) is 10.0 Å². The standard InChI is InChI=1S/C25H22Cl2FN3O4S/c1-14-10-23(15(2)9-19(14)27)36(34,35)31-21-11-17(28)7-8-20(21)30-25(33)22(31)12-24(32)29-13-16-5-3-4-6-18(16)26/h3-11,22H,12-13H2,1-2H3,(H,29,32)(H,30,33). The van der Waals surface area contributed by atoms with E-state index < -0.39 is 40.1 Å². The molecule has 0 bridgehead atoms. The smallest absolute Gasteiger partial charge is 0.265 e. The number of aryl methyl sites for hydroxylation is 2. The van der Waals surface area contributed by atoms with Gasteiger partial charge in [-0.05, 0) is 60.9 Å². The van der Waals surface area contributed by atoms with Gasteiger partial charge in [-0.25, -0.2) is 12.8 Å². The minimum Gasteiger partial charge on any atom is -0.352 e. The molecule has 1 aliphatic heterocycles. The van der Waals surface area contributed by atoms with E-state index in [0.29, 0.717) is 26.7 Å². The number of rotatable bonds is 6. The van der Waals surface area contributed by atoms with E-state index in [1.165, 1.54) is 18.2 Å². The van der Waals surface area contributed by atoms with E-state index in [9.17, 15) is 22.4 Å². The molecule has 0 aromatic heterocycles. The second-order valence-electron chi connectivity index (χ2n) is 8.41. The van der Waals surface area contributed by atoms with Crippen LogP contribution < -0.4 is 14.9 Å². The predicted octanol–water partition coefficient (Wildman–Crippen LogP) is 4.97. The van der Waals surface area contributed by atoms with Gasteiger partial charge >= 0.3 is 0 Å². The summed E-state index contributed by atoms with van der Waals surface area (Å²) in [5, 5.41) is 6.08. The van der Waals surface area contributed by atoms with Crippen LogP contribution in [0.15, 0.2) is 59.5 Å². The maximum atomic E-state index is 14.2. The molecule has 7 nitrogen and oxygen atoms in total. The van der Waals surface area contributed by atoms with E-state index in [-0.39, 0.29) is 22.8 Å². The Labute approximate surface area is 218 Å². The van der Waals surface area contributed by atoms with Crippen LogP contribution in [0.1, 0.15) is 23.1 Å². The monoisotopic (exact) mass is 549 g/mol. The highest BCUT2D eigenvalue weighted by Crippen LogP contribution is 2.39. The molecule has 0 fully saturated rings. The molecule has 4 rings (SSSR count). The van der Waals surface area contributed by atoms with Crippen LogP contribution in [0.5, 0.6) is 0 Å². The minimum absolute atomic E-state index is 0.0782. The topological polar surface area (TPSA) is 95.6 Å². The number of nitrogens with zero attached hydrogens (tertiary/aromatic N) is 1. The zero-order valence-corrected chi connectivity index (χ0v) is 21.6. The molecule has 1 unspecified atom stereocenters. The van der Waals surface area contributed by atoms with E-state index in [0.717, 1.165) is 16.4 Å². The molecule has 36 heavy (non-hydrogen) atoms. The fourth-order valence-corrected chi connectivity index (χ4v) is 6.32. The summed E-state index contributed by atoms with van der Waals surface area (Å²) in [5.41, 5.74) is 1.54. The van der Waals surface area contributed by atoms with Crippen molar-refractivity contribution in [3.63, 3.8) is 0 Å². The van der Waals surface area contributed by atoms with Crippen LogP contribution in [-0.4, -0.2) is 26.3 Å². The Bertz CT molecular complexity index is 1480. The molecule has 0 saturated heterocycles. The van der Waals surface area contributed by atoms with Gasteiger partial charge in [-0.2, -0.15) is 0 Å². The van der Waals surface area contributed by atoms with Gasteiger partial charge in [0.1, 0.15) is 11.9 Å². The number of halogens is 3. The molecule has 11 heteroatoms. The molecule has 0 saturated carbocycles. The van der Waals surface area contributed by atoms with Crippen LogP contribution >= 0.6 is 23.2 Å². The summed E-state index contributed by atoms with van der Waals surface area (Å²) in [7, 11) is -4.42. The fourth-order valence-electron chi connectivity index (χ4n) is 3.98. The first-order chi connectivity index (χ1) is 17.0. The van der Waals surface area contributed by atoms with Crippen molar-refractivity contribution in [3.05, 3.63) is 87.2 Å². The van der Waals surface area contributed by atoms with Crippen LogP contribution in [-0.2, 0) is 26.2 Å². The summed E-state index contributed by atoms with van der Waals surface area (Å²) in [5.74, 6) is -2.00. The van der Waals surface area contributed by atoms with Crippen molar-refractivity contribution in [3.8, 4) is 0 Å². The lowest BCUT2D eigenvalue weighted by molar-refractivity contribution is -0.125. The summed E-state index contributed by atoms with van der Waals surface area (Å²) in [6.45, 7) is 3.30. The van der Waals surface area contributed by atoms with E-state index >= 15 is 0 Å². The first kappa shape index (κ1) is 25.9. The Morgan fingerprint density at radius 3 is 2.50 bits per heavy atom. The first-order valence-electron chi connectivity index (χ1n) is 10.9. The minimum atomic E-state index is -4.42. The maximum Gasteiger partial charge on any atom is 0.265 e. The highest BCUT2D eigenvalue weighted by atomic mass is 35.5. The van der Waals surface area contributed by atoms with Crippen molar-refractivity contribution >= 4 is 56.4 Å². The highest BCUT2D eigenvalue weighted by molar-refractivity contribution is 7.93. The average molecular weight is 550 g/mol. The summed E-state index contributed by atoms with van der Waals surface area (Å²) < 4.78 is 42.9. The third-order valence-electron chi connectivity index (χ3n) is 5.85. The lowest BCUT2D eigenvalue weighted by atomic mass is 10.1. The van der Waals surface area contributed by atoms with E-state index in [1.54, 1.807) is 38.1 Å². The van der Waals surface area contributed by atoms with Crippen molar-refractivity contribution in [2.45, 2.75) is 37.8 Å². The van der Waals surface area contributed by atoms with Crippen molar-refractivity contribution in [1.82, 2.24) is 5.32 Å². The molecule has 3 aromatic rings. The normalized spacial score (nSPS) is 15.3. The van der Waals surface area contributed by atoms with Gasteiger partial charge in [0.15, 0.2) is 0 Å². The molecule has 0 aliphatic carbocycles. The number of benzene rings is 3. The Morgan fingerprint density at radius 1 is 1.06 bits per heavy atom. The summed E-state index contributed by atoms with van der Waals surface area (Å²) in [6.07, 6.45) is -0.503. The first-order valence-corrected chi connectivity index (χ1v) is 13.1. The fraction of sp³-hybridized carbons (Fsp3) is 0.200. The number of hydrogen-bond acceptors (Lipinski definition) is 4. The van der Waals surface area contributed by atoms with Gasteiger partial charge in [0, 0.05) is 22.7 Å². The van der Waals surface area contributed by atoms with Gasteiger partial charge in [-0.15, -0.1) is 0 Å². The zero-order valence-electron chi connectivity index (χ0n) is 19.3. The van der Waals surface area contributed by atoms with Gasteiger partial charge in [0.2, 0.25) is 11.8 Å². The molecule has 1 aliphatic rings. The number of fused-ring (bicyclic) bond motifs is 1. The second-order valence-corrected chi connectivity index (χ2v) is 11.0. The number of carbonyl (C=O) groups excluding carboxylic acids is 2. The molecule has 2 amide bonds. The van der Waals surface area contributed by atoms with E-state index in [4.69, 9.17) is 23.2 Å². The number of amides is 2. The van der Waals surface area contributed by atoms with E-state index in [1.807, 2.05) is 0 Å². The summed E-state index contributed by atoms with van der Waals surface area (Å²) in [6, 6.07) is 11.8. The highest BCUT2D eigenvalue weighted by Gasteiger charge is 2.42. The number of nitrogens with one attached hydrogen (secondary N) is 2. The molecule has 1 atom stereocenters. The predicted molar refractivity (Wildman–Crippen MR) is 137 cm³/mol. The van der Waals surface area contributed by atoms with Crippen molar-refractivity contribution in [1.29, 1.82) is 0 Å². The molecule has 0 spiro atoms. The zero-order chi connectivity index (χ0) is 26.2. The third kappa shape index (κ3) is 5.04.